The Balaban J connectivity index is 1.61. The first-order valence-electron chi connectivity index (χ1n) is 8.60. The van der Waals surface area contributed by atoms with Crippen LogP contribution >= 0.6 is 15.9 Å². The van der Waals surface area contributed by atoms with Crippen molar-refractivity contribution < 1.29 is 0 Å². The molecule has 0 saturated heterocycles. The van der Waals surface area contributed by atoms with E-state index in [-0.39, 0.29) is 5.56 Å². The molecule has 1 aliphatic rings. The molecule has 3 heterocycles. The summed E-state index contributed by atoms with van der Waals surface area (Å²) < 4.78 is 1.12. The Morgan fingerprint density at radius 2 is 2.19 bits per heavy atom. The van der Waals surface area contributed by atoms with Gasteiger partial charge in [0.1, 0.15) is 5.82 Å². The van der Waals surface area contributed by atoms with E-state index >= 15 is 0 Å². The van der Waals surface area contributed by atoms with Crippen molar-refractivity contribution in [3.63, 3.8) is 0 Å². The number of aromatic nitrogens is 3. The summed E-state index contributed by atoms with van der Waals surface area (Å²) in [6.45, 7) is 4.44. The van der Waals surface area contributed by atoms with E-state index in [1.54, 1.807) is 12.4 Å². The van der Waals surface area contributed by atoms with Crippen LogP contribution in [0, 0.1) is 6.92 Å². The highest BCUT2D eigenvalue weighted by Crippen LogP contribution is 2.23. The number of aryl methyl sites for hydroxylation is 1. The number of halogens is 1. The molecular formula is C20H19BrN4O. The Bertz CT molecular complexity index is 1000. The monoisotopic (exact) mass is 410 g/mol. The molecule has 1 aliphatic heterocycles. The van der Waals surface area contributed by atoms with Crippen molar-refractivity contribution in [3.05, 3.63) is 79.9 Å². The lowest BCUT2D eigenvalue weighted by molar-refractivity contribution is 0.240. The minimum Gasteiger partial charge on any atom is -0.306 e. The van der Waals surface area contributed by atoms with Crippen LogP contribution in [0.15, 0.2) is 52.0 Å². The number of fused-ring (bicyclic) bond motifs is 1. The lowest BCUT2D eigenvalue weighted by Gasteiger charge is -2.28. The van der Waals surface area contributed by atoms with E-state index in [9.17, 15) is 4.79 Å². The van der Waals surface area contributed by atoms with Gasteiger partial charge in [-0.15, -0.1) is 0 Å². The van der Waals surface area contributed by atoms with Crippen LogP contribution in [0.5, 0.6) is 0 Å². The summed E-state index contributed by atoms with van der Waals surface area (Å²) in [5.41, 5.74) is 4.94. The van der Waals surface area contributed by atoms with Crippen molar-refractivity contribution in [3.8, 4) is 11.4 Å². The number of hydrogen-bond donors (Lipinski definition) is 1. The first kappa shape index (κ1) is 17.1. The van der Waals surface area contributed by atoms with Crippen molar-refractivity contribution in [2.24, 2.45) is 0 Å². The van der Waals surface area contributed by atoms with Crippen molar-refractivity contribution in [2.45, 2.75) is 26.4 Å². The summed E-state index contributed by atoms with van der Waals surface area (Å²) in [5, 5.41) is 0. The minimum absolute atomic E-state index is 0.0370. The van der Waals surface area contributed by atoms with Crippen LogP contribution in [-0.4, -0.2) is 26.4 Å². The third-order valence-corrected chi connectivity index (χ3v) is 5.43. The fourth-order valence-corrected chi connectivity index (χ4v) is 3.91. The molecule has 132 valence electrons. The van der Waals surface area contributed by atoms with E-state index in [1.807, 2.05) is 12.1 Å². The van der Waals surface area contributed by atoms with E-state index in [0.29, 0.717) is 18.8 Å². The third-order valence-electron chi connectivity index (χ3n) is 4.69. The van der Waals surface area contributed by atoms with Gasteiger partial charge in [0.25, 0.3) is 5.56 Å². The maximum atomic E-state index is 12.5. The molecule has 3 aromatic rings. The topological polar surface area (TPSA) is 61.9 Å². The van der Waals surface area contributed by atoms with Gasteiger partial charge in [0, 0.05) is 47.6 Å². The van der Waals surface area contributed by atoms with Gasteiger partial charge in [-0.05, 0) is 42.7 Å². The molecular weight excluding hydrogens is 392 g/mol. The van der Waals surface area contributed by atoms with Crippen LogP contribution in [0.25, 0.3) is 11.4 Å². The normalized spacial score (nSPS) is 14.2. The molecule has 0 spiro atoms. The molecule has 0 amide bonds. The molecule has 1 aromatic carbocycles. The quantitative estimate of drug-likeness (QED) is 0.717. The number of nitrogens with zero attached hydrogens (tertiary/aromatic N) is 3. The zero-order valence-corrected chi connectivity index (χ0v) is 16.1. The van der Waals surface area contributed by atoms with Crippen molar-refractivity contribution >= 4 is 15.9 Å². The minimum atomic E-state index is -0.0370. The summed E-state index contributed by atoms with van der Waals surface area (Å²) >= 11 is 3.66. The fraction of sp³-hybridized carbons (Fsp3) is 0.250. The van der Waals surface area contributed by atoms with Crippen LogP contribution in [-0.2, 0) is 19.5 Å². The summed E-state index contributed by atoms with van der Waals surface area (Å²) in [6.07, 6.45) is 4.14. The number of aromatic amines is 1. The maximum Gasteiger partial charge on any atom is 0.254 e. The number of pyridine rings is 1. The highest BCUT2D eigenvalue weighted by atomic mass is 79.9. The van der Waals surface area contributed by atoms with Gasteiger partial charge in [0.05, 0.1) is 5.69 Å². The SMILES string of the molecule is Cc1ccc(CN2CCc3c(nc(-c4cccnc4)[nH]c3=O)C2)c(Br)c1. The fourth-order valence-electron chi connectivity index (χ4n) is 3.29. The Hall–Kier alpha value is -2.31. The Kier molecular flexibility index (Phi) is 4.70. The summed E-state index contributed by atoms with van der Waals surface area (Å²) in [4.78, 5) is 26.5. The zero-order chi connectivity index (χ0) is 18.1. The molecule has 0 saturated carbocycles. The average molecular weight is 411 g/mol. The van der Waals surface area contributed by atoms with Gasteiger partial charge in [-0.25, -0.2) is 4.98 Å². The second-order valence-electron chi connectivity index (χ2n) is 6.64. The maximum absolute atomic E-state index is 12.5. The van der Waals surface area contributed by atoms with Crippen molar-refractivity contribution in [2.75, 3.05) is 6.54 Å². The molecule has 5 nitrogen and oxygen atoms in total. The van der Waals surface area contributed by atoms with Crippen LogP contribution in [0.1, 0.15) is 22.4 Å². The summed E-state index contributed by atoms with van der Waals surface area (Å²) in [6, 6.07) is 10.2. The van der Waals surface area contributed by atoms with Crippen molar-refractivity contribution in [1.82, 2.24) is 19.9 Å². The van der Waals surface area contributed by atoms with Gasteiger partial charge in [-0.2, -0.15) is 0 Å². The van der Waals surface area contributed by atoms with Crippen molar-refractivity contribution in [1.29, 1.82) is 0 Å². The van der Waals surface area contributed by atoms with E-state index in [2.05, 4.69) is 55.9 Å². The van der Waals surface area contributed by atoms with Crippen LogP contribution in [0.2, 0.25) is 0 Å². The molecule has 4 rings (SSSR count). The molecule has 1 N–H and O–H groups in total. The molecule has 0 atom stereocenters. The first-order chi connectivity index (χ1) is 12.6. The molecule has 6 heteroatoms. The number of rotatable bonds is 3. The first-order valence-corrected chi connectivity index (χ1v) is 9.39. The van der Waals surface area contributed by atoms with Gasteiger partial charge < -0.3 is 4.98 Å². The lowest BCUT2D eigenvalue weighted by atomic mass is 10.0. The highest BCUT2D eigenvalue weighted by Gasteiger charge is 2.22. The van der Waals surface area contributed by atoms with Gasteiger partial charge >= 0.3 is 0 Å². The second kappa shape index (κ2) is 7.13. The lowest BCUT2D eigenvalue weighted by Crippen LogP contribution is -2.35. The number of nitrogens with one attached hydrogen (secondary N) is 1. The van der Waals surface area contributed by atoms with Gasteiger partial charge in [0.15, 0.2) is 0 Å². The second-order valence-corrected chi connectivity index (χ2v) is 7.49. The van der Waals surface area contributed by atoms with Gasteiger partial charge in [0.2, 0.25) is 0 Å². The summed E-state index contributed by atoms with van der Waals surface area (Å²) in [7, 11) is 0. The predicted molar refractivity (Wildman–Crippen MR) is 105 cm³/mol. The molecule has 0 fully saturated rings. The molecule has 0 radical (unpaired) electrons. The van der Waals surface area contributed by atoms with Crippen LogP contribution in [0.4, 0.5) is 0 Å². The Labute approximate surface area is 160 Å². The molecule has 2 aromatic heterocycles. The predicted octanol–water partition coefficient (Wildman–Crippen LogP) is 3.46. The van der Waals surface area contributed by atoms with E-state index in [1.165, 1.54) is 11.1 Å². The van der Waals surface area contributed by atoms with Crippen LogP contribution < -0.4 is 5.56 Å². The van der Waals surface area contributed by atoms with E-state index in [4.69, 9.17) is 4.98 Å². The Morgan fingerprint density at radius 1 is 1.31 bits per heavy atom. The van der Waals surface area contributed by atoms with E-state index in [0.717, 1.165) is 34.4 Å². The molecule has 0 unspecified atom stereocenters. The van der Waals surface area contributed by atoms with Gasteiger partial charge in [-0.3, -0.25) is 14.7 Å². The average Bonchev–Trinajstić information content (AvgIpc) is 2.64. The highest BCUT2D eigenvalue weighted by molar-refractivity contribution is 9.10. The smallest absolute Gasteiger partial charge is 0.254 e. The van der Waals surface area contributed by atoms with E-state index < -0.39 is 0 Å². The largest absolute Gasteiger partial charge is 0.306 e. The summed E-state index contributed by atoms with van der Waals surface area (Å²) in [5.74, 6) is 0.584. The molecule has 0 aliphatic carbocycles. The standard InChI is InChI=1S/C20H19BrN4O/c1-13-4-5-15(17(21)9-13)11-25-8-6-16-18(12-25)23-19(24-20(16)26)14-3-2-7-22-10-14/h2-5,7,9-10H,6,8,11-12H2,1H3,(H,23,24,26). The Morgan fingerprint density at radius 3 is 2.96 bits per heavy atom. The zero-order valence-electron chi connectivity index (χ0n) is 14.5. The molecule has 26 heavy (non-hydrogen) atoms. The van der Waals surface area contributed by atoms with Crippen LogP contribution in [0.3, 0.4) is 0 Å². The number of benzene rings is 1. The number of H-pyrrole nitrogens is 1. The van der Waals surface area contributed by atoms with Gasteiger partial charge in [-0.1, -0.05) is 28.1 Å². The number of hydrogen-bond acceptors (Lipinski definition) is 4. The third kappa shape index (κ3) is 3.48. The molecule has 0 bridgehead atoms.